The summed E-state index contributed by atoms with van der Waals surface area (Å²) in [5, 5.41) is 14.0. The molecule has 0 aliphatic heterocycles. The van der Waals surface area contributed by atoms with Gasteiger partial charge in [0.25, 0.3) is 5.69 Å². The molecule has 1 aliphatic rings. The maximum Gasteiger partial charge on any atom is 0.275 e. The third-order valence-corrected chi connectivity index (χ3v) is 4.81. The summed E-state index contributed by atoms with van der Waals surface area (Å²) in [6.45, 7) is 5.77. The molecule has 2 rings (SSSR count). The Labute approximate surface area is 123 Å². The number of nitro groups is 1. The van der Waals surface area contributed by atoms with E-state index in [0.717, 1.165) is 18.9 Å². The van der Waals surface area contributed by atoms with Gasteiger partial charge in [-0.2, -0.15) is 0 Å². The van der Waals surface area contributed by atoms with Crippen molar-refractivity contribution in [1.29, 1.82) is 0 Å². The van der Waals surface area contributed by atoms with Gasteiger partial charge in [0.15, 0.2) is 11.6 Å². The van der Waals surface area contributed by atoms with Gasteiger partial charge in [0.2, 0.25) is 0 Å². The highest BCUT2D eigenvalue weighted by atomic mass is 19.1. The summed E-state index contributed by atoms with van der Waals surface area (Å²) in [5.74, 6) is -0.587. The van der Waals surface area contributed by atoms with Gasteiger partial charge < -0.3 is 10.1 Å². The number of nitrogens with zero attached hydrogens (tertiary/aromatic N) is 1. The van der Waals surface area contributed by atoms with E-state index in [1.165, 1.54) is 6.07 Å². The van der Waals surface area contributed by atoms with Crippen molar-refractivity contribution in [3.8, 4) is 5.75 Å². The van der Waals surface area contributed by atoms with Crippen LogP contribution in [-0.2, 0) is 0 Å². The molecule has 1 N–H and O–H groups in total. The molecule has 0 heterocycles. The lowest BCUT2D eigenvalue weighted by molar-refractivity contribution is -0.385. The van der Waals surface area contributed by atoms with Crippen molar-refractivity contribution in [2.45, 2.75) is 45.8 Å². The number of rotatable bonds is 5. The van der Waals surface area contributed by atoms with Gasteiger partial charge >= 0.3 is 0 Å². The predicted octanol–water partition coefficient (Wildman–Crippen LogP) is 3.20. The molecule has 0 spiro atoms. The van der Waals surface area contributed by atoms with E-state index in [1.54, 1.807) is 6.92 Å². The van der Waals surface area contributed by atoms with E-state index in [-0.39, 0.29) is 23.0 Å². The van der Waals surface area contributed by atoms with Crippen LogP contribution in [0, 0.1) is 28.3 Å². The second kappa shape index (κ2) is 5.60. The van der Waals surface area contributed by atoms with E-state index in [9.17, 15) is 14.5 Å². The van der Waals surface area contributed by atoms with Crippen molar-refractivity contribution < 1.29 is 14.1 Å². The van der Waals surface area contributed by atoms with Crippen LogP contribution in [0.4, 0.5) is 10.1 Å². The minimum absolute atomic E-state index is 0.0587. The van der Waals surface area contributed by atoms with Gasteiger partial charge in [-0.3, -0.25) is 10.1 Å². The second-order valence-corrected chi connectivity index (χ2v) is 5.87. The monoisotopic (exact) mass is 296 g/mol. The Balaban J connectivity index is 2.22. The molecule has 5 nitrogen and oxygen atoms in total. The number of nitro benzene ring substituents is 1. The first-order valence-electron chi connectivity index (χ1n) is 7.12. The predicted molar refractivity (Wildman–Crippen MR) is 78.1 cm³/mol. The molecule has 6 heteroatoms. The number of ether oxygens (including phenoxy) is 1. The summed E-state index contributed by atoms with van der Waals surface area (Å²) in [7, 11) is 1.91. The highest BCUT2D eigenvalue weighted by molar-refractivity contribution is 5.45. The smallest absolute Gasteiger partial charge is 0.275 e. The minimum Gasteiger partial charge on any atom is -0.487 e. The second-order valence-electron chi connectivity index (χ2n) is 5.87. The fourth-order valence-electron chi connectivity index (χ4n) is 3.01. The van der Waals surface area contributed by atoms with Crippen LogP contribution in [-0.4, -0.2) is 24.1 Å². The van der Waals surface area contributed by atoms with Crippen LogP contribution in [0.2, 0.25) is 0 Å². The Morgan fingerprint density at radius 3 is 2.76 bits per heavy atom. The molecule has 0 amide bonds. The zero-order chi connectivity index (χ0) is 15.8. The quantitative estimate of drug-likeness (QED) is 0.669. The van der Waals surface area contributed by atoms with E-state index in [1.807, 2.05) is 7.05 Å². The molecule has 116 valence electrons. The highest BCUT2D eigenvalue weighted by Crippen LogP contribution is 2.46. The molecular weight excluding hydrogens is 275 g/mol. The number of hydrogen-bond donors (Lipinski definition) is 1. The van der Waals surface area contributed by atoms with Gasteiger partial charge in [0.05, 0.1) is 11.0 Å². The van der Waals surface area contributed by atoms with Crippen LogP contribution in [0.5, 0.6) is 5.75 Å². The Hall–Kier alpha value is -1.69. The lowest BCUT2D eigenvalue weighted by Gasteiger charge is -2.53. The molecular formula is C15H21FN2O3. The molecule has 3 atom stereocenters. The van der Waals surface area contributed by atoms with Crippen molar-refractivity contribution >= 4 is 5.69 Å². The lowest BCUT2D eigenvalue weighted by Crippen LogP contribution is -2.62. The molecule has 0 radical (unpaired) electrons. The Morgan fingerprint density at radius 2 is 2.24 bits per heavy atom. The molecule has 1 aromatic rings. The zero-order valence-corrected chi connectivity index (χ0v) is 12.8. The average Bonchev–Trinajstić information content (AvgIpc) is 2.44. The van der Waals surface area contributed by atoms with Crippen LogP contribution in [0.15, 0.2) is 12.1 Å². The first kappa shape index (κ1) is 15.7. The summed E-state index contributed by atoms with van der Waals surface area (Å²) in [4.78, 5) is 10.2. The van der Waals surface area contributed by atoms with Crippen molar-refractivity contribution in [3.63, 3.8) is 0 Å². The maximum absolute atomic E-state index is 14.0. The van der Waals surface area contributed by atoms with Crippen LogP contribution >= 0.6 is 0 Å². The summed E-state index contributed by atoms with van der Waals surface area (Å²) in [6.07, 6.45) is 1.63. The Bertz CT molecular complexity index is 564. The summed E-state index contributed by atoms with van der Waals surface area (Å²) >= 11 is 0. The van der Waals surface area contributed by atoms with Crippen molar-refractivity contribution in [1.82, 2.24) is 5.32 Å². The number of halogens is 1. The molecule has 1 aliphatic carbocycles. The standard InChI is InChI=1S/C15H21FN2O3/c1-5-15(3)13(17-4)8-14(15)21-12-6-9(2)11(18(19)20)7-10(12)16/h6-7,13-14,17H,5,8H2,1-4H3. The molecule has 1 aromatic carbocycles. The summed E-state index contributed by atoms with van der Waals surface area (Å²) < 4.78 is 19.8. The normalized spacial score (nSPS) is 28.0. The number of hydrogen-bond acceptors (Lipinski definition) is 4. The van der Waals surface area contributed by atoms with Crippen LogP contribution in [0.1, 0.15) is 32.3 Å². The van der Waals surface area contributed by atoms with E-state index in [0.29, 0.717) is 11.6 Å². The van der Waals surface area contributed by atoms with E-state index >= 15 is 0 Å². The number of nitrogens with one attached hydrogen (secondary N) is 1. The van der Waals surface area contributed by atoms with Crippen LogP contribution in [0.25, 0.3) is 0 Å². The van der Waals surface area contributed by atoms with Crippen molar-refractivity contribution in [3.05, 3.63) is 33.6 Å². The van der Waals surface area contributed by atoms with Gasteiger partial charge in [0, 0.05) is 23.4 Å². The third-order valence-electron chi connectivity index (χ3n) is 4.81. The first-order valence-corrected chi connectivity index (χ1v) is 7.12. The Morgan fingerprint density at radius 1 is 1.57 bits per heavy atom. The minimum atomic E-state index is -0.682. The molecule has 0 bridgehead atoms. The van der Waals surface area contributed by atoms with Crippen molar-refractivity contribution in [2.75, 3.05) is 7.05 Å². The SMILES string of the molecule is CCC1(C)C(NC)CC1Oc1cc(C)c([N+](=O)[O-])cc1F. The molecule has 0 saturated heterocycles. The van der Waals surface area contributed by atoms with Crippen molar-refractivity contribution in [2.24, 2.45) is 5.41 Å². The third kappa shape index (κ3) is 2.60. The fraction of sp³-hybridized carbons (Fsp3) is 0.600. The maximum atomic E-state index is 14.0. The summed E-state index contributed by atoms with van der Waals surface area (Å²) in [5.41, 5.74) is 0.121. The van der Waals surface area contributed by atoms with Gasteiger partial charge in [-0.1, -0.05) is 13.8 Å². The van der Waals surface area contributed by atoms with Gasteiger partial charge in [-0.15, -0.1) is 0 Å². The van der Waals surface area contributed by atoms with E-state index in [2.05, 4.69) is 19.2 Å². The van der Waals surface area contributed by atoms with Gasteiger partial charge in [-0.25, -0.2) is 4.39 Å². The first-order chi connectivity index (χ1) is 9.83. The van der Waals surface area contributed by atoms with E-state index in [4.69, 9.17) is 4.74 Å². The lowest BCUT2D eigenvalue weighted by atomic mass is 9.61. The van der Waals surface area contributed by atoms with E-state index < -0.39 is 10.7 Å². The van der Waals surface area contributed by atoms with Gasteiger partial charge in [0.1, 0.15) is 6.10 Å². The molecule has 3 unspecified atom stereocenters. The fourth-order valence-corrected chi connectivity index (χ4v) is 3.01. The molecule has 0 aromatic heterocycles. The largest absolute Gasteiger partial charge is 0.487 e. The van der Waals surface area contributed by atoms with Crippen LogP contribution in [0.3, 0.4) is 0 Å². The highest BCUT2D eigenvalue weighted by Gasteiger charge is 2.51. The molecule has 1 fully saturated rings. The number of aryl methyl sites for hydroxylation is 1. The van der Waals surface area contributed by atoms with Crippen LogP contribution < -0.4 is 10.1 Å². The number of benzene rings is 1. The molecule has 1 saturated carbocycles. The Kier molecular flexibility index (Phi) is 4.18. The summed E-state index contributed by atoms with van der Waals surface area (Å²) in [6, 6.07) is 2.69. The topological polar surface area (TPSA) is 64.4 Å². The van der Waals surface area contributed by atoms with Gasteiger partial charge in [-0.05, 0) is 26.5 Å². The zero-order valence-electron chi connectivity index (χ0n) is 12.8. The average molecular weight is 296 g/mol. The molecule has 21 heavy (non-hydrogen) atoms.